The number of carbonyl (C=O) groups is 4. The van der Waals surface area contributed by atoms with E-state index in [0.717, 1.165) is 16.7 Å². The van der Waals surface area contributed by atoms with Crippen LogP contribution in [0.15, 0.2) is 21.5 Å². The molecule has 0 saturated carbocycles. The van der Waals surface area contributed by atoms with Gasteiger partial charge in [-0.05, 0) is 30.8 Å². The second-order valence-corrected chi connectivity index (χ2v) is 5.70. The Kier molecular flexibility index (Phi) is 5.22. The van der Waals surface area contributed by atoms with E-state index in [1.165, 1.54) is 6.08 Å². The first-order valence-electron chi connectivity index (χ1n) is 6.67. The number of carbonyl (C=O) groups excluding carboxylic acids is 3. The van der Waals surface area contributed by atoms with Crippen LogP contribution in [-0.2, 0) is 14.4 Å². The van der Waals surface area contributed by atoms with Crippen LogP contribution < -0.4 is 5.32 Å². The lowest BCUT2D eigenvalue weighted by atomic mass is 10.3. The Morgan fingerprint density at radius 2 is 2.13 bits per heavy atom. The normalized spacial score (nSPS) is 16.2. The molecule has 0 unspecified atom stereocenters. The van der Waals surface area contributed by atoms with Crippen LogP contribution in [0.25, 0.3) is 6.08 Å². The third-order valence-electron chi connectivity index (χ3n) is 2.87. The molecule has 8 nitrogen and oxygen atoms in total. The first-order valence-corrected chi connectivity index (χ1v) is 7.49. The molecular formula is C14H14N2O6S. The molecule has 1 saturated heterocycles. The number of hydrogen-bond donors (Lipinski definition) is 2. The van der Waals surface area contributed by atoms with Crippen molar-refractivity contribution in [2.24, 2.45) is 0 Å². The van der Waals surface area contributed by atoms with E-state index in [4.69, 9.17) is 9.52 Å². The summed E-state index contributed by atoms with van der Waals surface area (Å²) in [4.78, 5) is 47.0. The van der Waals surface area contributed by atoms with Crippen molar-refractivity contribution in [1.82, 2.24) is 10.2 Å². The minimum Gasteiger partial charge on any atom is -0.481 e. The molecule has 2 heterocycles. The second-order valence-electron chi connectivity index (χ2n) is 4.71. The lowest BCUT2D eigenvalue weighted by Gasteiger charge is -2.11. The zero-order valence-corrected chi connectivity index (χ0v) is 13.0. The van der Waals surface area contributed by atoms with Crippen LogP contribution in [0.5, 0.6) is 0 Å². The summed E-state index contributed by atoms with van der Waals surface area (Å²) in [5.41, 5.74) is 0. The molecule has 2 rings (SSSR count). The van der Waals surface area contributed by atoms with Crippen molar-refractivity contribution in [3.05, 3.63) is 28.6 Å². The Bertz CT molecular complexity index is 693. The summed E-state index contributed by atoms with van der Waals surface area (Å²) < 4.78 is 5.31. The lowest BCUT2D eigenvalue weighted by Crippen LogP contribution is -2.40. The fourth-order valence-corrected chi connectivity index (χ4v) is 2.62. The second kappa shape index (κ2) is 7.14. The van der Waals surface area contributed by atoms with Gasteiger partial charge >= 0.3 is 5.97 Å². The molecule has 0 bridgehead atoms. The molecule has 122 valence electrons. The molecule has 9 heteroatoms. The number of furan rings is 1. The molecule has 0 aromatic carbocycles. The number of thioether (sulfide) groups is 1. The fraction of sp³-hybridized carbons (Fsp3) is 0.286. The van der Waals surface area contributed by atoms with Gasteiger partial charge in [-0.25, -0.2) is 0 Å². The van der Waals surface area contributed by atoms with Gasteiger partial charge in [-0.15, -0.1) is 0 Å². The highest BCUT2D eigenvalue weighted by atomic mass is 32.2. The summed E-state index contributed by atoms with van der Waals surface area (Å²) in [5.74, 6) is -1.11. The van der Waals surface area contributed by atoms with Gasteiger partial charge < -0.3 is 14.8 Å². The Morgan fingerprint density at radius 1 is 1.39 bits per heavy atom. The van der Waals surface area contributed by atoms with Crippen LogP contribution in [0, 0.1) is 6.92 Å². The van der Waals surface area contributed by atoms with Crippen LogP contribution in [0.3, 0.4) is 0 Å². The summed E-state index contributed by atoms with van der Waals surface area (Å²) >= 11 is 0.721. The largest absolute Gasteiger partial charge is 0.481 e. The molecule has 1 aromatic rings. The fourth-order valence-electron chi connectivity index (χ4n) is 1.80. The van der Waals surface area contributed by atoms with E-state index in [9.17, 15) is 19.2 Å². The molecule has 0 atom stereocenters. The van der Waals surface area contributed by atoms with Gasteiger partial charge in [-0.2, -0.15) is 0 Å². The van der Waals surface area contributed by atoms with Gasteiger partial charge in [0.1, 0.15) is 18.1 Å². The average Bonchev–Trinajstić information content (AvgIpc) is 2.97. The highest BCUT2D eigenvalue weighted by Crippen LogP contribution is 2.32. The van der Waals surface area contributed by atoms with Gasteiger partial charge in [0, 0.05) is 12.6 Å². The zero-order valence-electron chi connectivity index (χ0n) is 12.2. The van der Waals surface area contributed by atoms with Crippen molar-refractivity contribution in [3.8, 4) is 0 Å². The molecule has 1 fully saturated rings. The summed E-state index contributed by atoms with van der Waals surface area (Å²) in [6, 6.07) is 3.40. The minimum atomic E-state index is -1.05. The highest BCUT2D eigenvalue weighted by molar-refractivity contribution is 8.18. The molecule has 2 N–H and O–H groups in total. The van der Waals surface area contributed by atoms with Crippen molar-refractivity contribution in [2.45, 2.75) is 13.3 Å². The van der Waals surface area contributed by atoms with E-state index in [1.807, 2.05) is 0 Å². The number of carboxylic acid groups (broad SMARTS) is 1. The summed E-state index contributed by atoms with van der Waals surface area (Å²) in [6.45, 7) is 1.25. The molecule has 23 heavy (non-hydrogen) atoms. The third-order valence-corrected chi connectivity index (χ3v) is 3.78. The van der Waals surface area contributed by atoms with E-state index in [-0.39, 0.29) is 17.9 Å². The van der Waals surface area contributed by atoms with E-state index in [1.54, 1.807) is 19.1 Å². The molecule has 1 aromatic heterocycles. The maximum atomic E-state index is 12.1. The van der Waals surface area contributed by atoms with Crippen molar-refractivity contribution >= 4 is 40.9 Å². The molecule has 1 aliphatic rings. The van der Waals surface area contributed by atoms with Crippen molar-refractivity contribution in [2.75, 3.05) is 13.1 Å². The van der Waals surface area contributed by atoms with E-state index >= 15 is 0 Å². The Labute approximate surface area is 135 Å². The maximum Gasteiger partial charge on any atom is 0.305 e. The van der Waals surface area contributed by atoms with Crippen molar-refractivity contribution in [3.63, 3.8) is 0 Å². The number of aliphatic carboxylic acids is 1. The number of aryl methyl sites for hydroxylation is 1. The van der Waals surface area contributed by atoms with Gasteiger partial charge in [0.15, 0.2) is 0 Å². The lowest BCUT2D eigenvalue weighted by molar-refractivity contribution is -0.137. The SMILES string of the molecule is Cc1ccc(/C=C2\SC(=O)N(CC(=O)NCCC(=O)O)C2=O)o1. The molecule has 3 amide bonds. The average molecular weight is 338 g/mol. The van der Waals surface area contributed by atoms with Gasteiger partial charge in [0.05, 0.1) is 11.3 Å². The molecule has 0 spiro atoms. The Hall–Kier alpha value is -2.55. The number of rotatable bonds is 6. The summed E-state index contributed by atoms with van der Waals surface area (Å²) in [6.07, 6.45) is 1.21. The number of nitrogens with zero attached hydrogens (tertiary/aromatic N) is 1. The number of nitrogens with one attached hydrogen (secondary N) is 1. The van der Waals surface area contributed by atoms with Gasteiger partial charge in [0.2, 0.25) is 5.91 Å². The van der Waals surface area contributed by atoms with Gasteiger partial charge in [-0.1, -0.05) is 0 Å². The number of hydrogen-bond acceptors (Lipinski definition) is 6. The van der Waals surface area contributed by atoms with Gasteiger partial charge in [-0.3, -0.25) is 24.1 Å². The van der Waals surface area contributed by atoms with E-state index < -0.39 is 29.6 Å². The number of imide groups is 1. The first kappa shape index (κ1) is 16.8. The number of amides is 3. The Balaban J connectivity index is 1.97. The molecule has 1 aliphatic heterocycles. The van der Waals surface area contributed by atoms with Crippen LogP contribution >= 0.6 is 11.8 Å². The molecular weight excluding hydrogens is 324 g/mol. The predicted molar refractivity (Wildman–Crippen MR) is 81.4 cm³/mol. The molecule has 0 radical (unpaired) electrons. The van der Waals surface area contributed by atoms with Crippen LogP contribution in [0.1, 0.15) is 17.9 Å². The standard InChI is InChI=1S/C14H14N2O6S/c1-8-2-3-9(22-8)6-10-13(20)16(14(21)23-10)7-11(17)15-5-4-12(18)19/h2-3,6H,4-5,7H2,1H3,(H,15,17)(H,18,19)/b10-6-. The van der Waals surface area contributed by atoms with Crippen LogP contribution in [0.2, 0.25) is 0 Å². The summed E-state index contributed by atoms with van der Waals surface area (Å²) in [7, 11) is 0. The Morgan fingerprint density at radius 3 is 2.74 bits per heavy atom. The van der Waals surface area contributed by atoms with Crippen LogP contribution in [-0.4, -0.2) is 46.1 Å². The van der Waals surface area contributed by atoms with E-state index in [0.29, 0.717) is 11.5 Å². The van der Waals surface area contributed by atoms with Crippen molar-refractivity contribution < 1.29 is 28.7 Å². The number of carboxylic acids is 1. The maximum absolute atomic E-state index is 12.1. The third kappa shape index (κ3) is 4.46. The summed E-state index contributed by atoms with van der Waals surface area (Å²) in [5, 5.41) is 10.3. The van der Waals surface area contributed by atoms with Crippen LogP contribution in [0.4, 0.5) is 4.79 Å². The monoisotopic (exact) mass is 338 g/mol. The predicted octanol–water partition coefficient (Wildman–Crippen LogP) is 1.22. The highest BCUT2D eigenvalue weighted by Gasteiger charge is 2.36. The molecule has 0 aliphatic carbocycles. The van der Waals surface area contributed by atoms with E-state index in [2.05, 4.69) is 5.32 Å². The first-order chi connectivity index (χ1) is 10.9. The smallest absolute Gasteiger partial charge is 0.305 e. The zero-order chi connectivity index (χ0) is 17.0. The quantitative estimate of drug-likeness (QED) is 0.749. The topological polar surface area (TPSA) is 117 Å². The minimum absolute atomic E-state index is 0.0636. The van der Waals surface area contributed by atoms with Crippen molar-refractivity contribution in [1.29, 1.82) is 0 Å². The van der Waals surface area contributed by atoms with Gasteiger partial charge in [0.25, 0.3) is 11.1 Å².